The van der Waals surface area contributed by atoms with Gasteiger partial charge >= 0.3 is 0 Å². The molecule has 0 amide bonds. The molecule has 0 aliphatic heterocycles. The molecule has 20 heavy (non-hydrogen) atoms. The fraction of sp³-hybridized carbons (Fsp3) is 0.0667. The van der Waals surface area contributed by atoms with E-state index >= 15 is 0 Å². The van der Waals surface area contributed by atoms with E-state index in [4.69, 9.17) is 16.8 Å². The van der Waals surface area contributed by atoms with Gasteiger partial charge in [-0.25, -0.2) is 0 Å². The smallest absolute Gasteiger partial charge is 0.118 e. The monoisotopic (exact) mass is 348 g/mol. The summed E-state index contributed by atoms with van der Waals surface area (Å²) in [5.41, 5.74) is 3.30. The number of aryl methyl sites for hydroxylation is 1. The lowest BCUT2D eigenvalue weighted by Gasteiger charge is -2.12. The first-order chi connectivity index (χ1) is 9.56. The van der Waals surface area contributed by atoms with Crippen LogP contribution in [0.3, 0.4) is 0 Å². The Hall–Kier alpha value is -1.83. The van der Waals surface area contributed by atoms with Gasteiger partial charge in [0.05, 0.1) is 10.6 Å². The molecule has 3 nitrogen and oxygen atoms in total. The molecule has 0 aromatic heterocycles. The molecule has 1 aliphatic rings. The Morgan fingerprint density at radius 1 is 1.30 bits per heavy atom. The Kier molecular flexibility index (Phi) is 4.43. The zero-order chi connectivity index (χ0) is 14.7. The summed E-state index contributed by atoms with van der Waals surface area (Å²) in [5, 5.41) is 21.7. The van der Waals surface area contributed by atoms with Crippen LogP contribution in [0.5, 0.6) is 0 Å². The molecule has 1 aromatic carbocycles. The van der Waals surface area contributed by atoms with E-state index in [2.05, 4.69) is 27.2 Å². The summed E-state index contributed by atoms with van der Waals surface area (Å²) >= 11 is 9.46. The van der Waals surface area contributed by atoms with E-state index in [0.717, 1.165) is 11.1 Å². The first-order valence-corrected chi connectivity index (χ1v) is 6.92. The van der Waals surface area contributed by atoms with Crippen molar-refractivity contribution in [3.63, 3.8) is 0 Å². The van der Waals surface area contributed by atoms with Crippen LogP contribution < -0.4 is 0 Å². The van der Waals surface area contributed by atoms with Gasteiger partial charge in [-0.3, -0.25) is 0 Å². The fourth-order valence-electron chi connectivity index (χ4n) is 1.81. The van der Waals surface area contributed by atoms with Gasteiger partial charge in [0, 0.05) is 10.1 Å². The average molecular weight is 350 g/mol. The summed E-state index contributed by atoms with van der Waals surface area (Å²) in [6, 6.07) is 9.81. The van der Waals surface area contributed by atoms with Crippen molar-refractivity contribution in [1.82, 2.24) is 0 Å². The van der Waals surface area contributed by atoms with Crippen LogP contribution in [0.2, 0.25) is 0 Å². The molecule has 0 unspecified atom stereocenters. The third-order valence-electron chi connectivity index (χ3n) is 2.87. The van der Waals surface area contributed by atoms with Gasteiger partial charge in [-0.2, -0.15) is 5.26 Å². The highest BCUT2D eigenvalue weighted by Crippen LogP contribution is 2.33. The summed E-state index contributed by atoms with van der Waals surface area (Å²) in [7, 11) is 0. The normalized spacial score (nSPS) is 19.2. The van der Waals surface area contributed by atoms with Gasteiger partial charge in [0.15, 0.2) is 0 Å². The Morgan fingerprint density at radius 3 is 2.50 bits per heavy atom. The lowest BCUT2D eigenvalue weighted by Crippen LogP contribution is -2.03. The molecule has 0 radical (unpaired) electrons. The van der Waals surface area contributed by atoms with E-state index in [1.165, 1.54) is 6.08 Å². The van der Waals surface area contributed by atoms with Crippen LogP contribution in [0.25, 0.3) is 5.57 Å². The highest BCUT2D eigenvalue weighted by molar-refractivity contribution is 9.12. The Morgan fingerprint density at radius 2 is 1.95 bits per heavy atom. The minimum absolute atomic E-state index is 0.319. The van der Waals surface area contributed by atoms with E-state index in [1.54, 1.807) is 6.08 Å². The first-order valence-electron chi connectivity index (χ1n) is 5.75. The van der Waals surface area contributed by atoms with Crippen molar-refractivity contribution in [2.45, 2.75) is 6.92 Å². The van der Waals surface area contributed by atoms with E-state index in [0.29, 0.717) is 26.4 Å². The highest BCUT2D eigenvalue weighted by Gasteiger charge is 2.18. The van der Waals surface area contributed by atoms with Crippen molar-refractivity contribution in [2.24, 2.45) is 5.16 Å². The largest absolute Gasteiger partial charge is 0.410 e. The van der Waals surface area contributed by atoms with E-state index in [1.807, 2.05) is 31.2 Å². The fourth-order valence-corrected chi connectivity index (χ4v) is 2.48. The van der Waals surface area contributed by atoms with E-state index in [9.17, 15) is 5.26 Å². The van der Waals surface area contributed by atoms with Gasteiger partial charge in [-0.1, -0.05) is 46.6 Å². The van der Waals surface area contributed by atoms with Crippen molar-refractivity contribution in [3.8, 4) is 6.07 Å². The first kappa shape index (κ1) is 14.6. The van der Waals surface area contributed by atoms with E-state index < -0.39 is 0 Å². The average Bonchev–Trinajstić information content (AvgIpc) is 2.45. The molecule has 0 saturated heterocycles. The van der Waals surface area contributed by atoms with Gasteiger partial charge in [0.2, 0.25) is 0 Å². The number of benzene rings is 1. The number of nitrogens with zero attached hydrogens (tertiary/aromatic N) is 2. The summed E-state index contributed by atoms with van der Waals surface area (Å²) in [6.07, 6.45) is 3.18. The number of rotatable bonds is 1. The Bertz CT molecular complexity index is 706. The summed E-state index contributed by atoms with van der Waals surface area (Å²) in [4.78, 5) is 0. The molecule has 0 atom stereocenters. The summed E-state index contributed by atoms with van der Waals surface area (Å²) < 4.78 is 0.569. The molecule has 1 aromatic rings. The number of hydrogen-bond donors (Lipinski definition) is 1. The third kappa shape index (κ3) is 2.84. The molecule has 0 heterocycles. The molecule has 5 heteroatoms. The topological polar surface area (TPSA) is 56.4 Å². The van der Waals surface area contributed by atoms with Crippen LogP contribution >= 0.6 is 27.5 Å². The van der Waals surface area contributed by atoms with Crippen molar-refractivity contribution < 1.29 is 5.21 Å². The SMILES string of the molecule is Cc1ccc(C(C#N)=C2C=C(Br)C(=NO)C=C2Cl)cc1. The van der Waals surface area contributed by atoms with Gasteiger partial charge in [0.25, 0.3) is 0 Å². The molecule has 1 aliphatic carbocycles. The van der Waals surface area contributed by atoms with Crippen LogP contribution in [-0.2, 0) is 0 Å². The molecule has 0 fully saturated rings. The van der Waals surface area contributed by atoms with Crippen molar-refractivity contribution >= 4 is 38.8 Å². The molecule has 0 spiro atoms. The second-order valence-corrected chi connectivity index (χ2v) is 5.50. The summed E-state index contributed by atoms with van der Waals surface area (Å²) in [5.74, 6) is 0. The highest BCUT2D eigenvalue weighted by atomic mass is 79.9. The Balaban J connectivity index is 2.61. The van der Waals surface area contributed by atoms with Crippen LogP contribution in [0.1, 0.15) is 11.1 Å². The standard InChI is InChI=1S/C15H10BrClN2O/c1-9-2-4-10(5-3-9)12(8-18)11-6-13(16)15(19-20)7-14(11)17/h2-7,20H,1H3. The number of nitriles is 1. The molecular weight excluding hydrogens is 340 g/mol. The zero-order valence-electron chi connectivity index (χ0n) is 10.6. The second-order valence-electron chi connectivity index (χ2n) is 4.24. The zero-order valence-corrected chi connectivity index (χ0v) is 12.9. The lowest BCUT2D eigenvalue weighted by molar-refractivity contribution is 0.320. The minimum atomic E-state index is 0.319. The van der Waals surface area contributed by atoms with Gasteiger partial charge < -0.3 is 5.21 Å². The number of hydrogen-bond acceptors (Lipinski definition) is 3. The molecule has 100 valence electrons. The predicted octanol–water partition coefficient (Wildman–Crippen LogP) is 4.52. The van der Waals surface area contributed by atoms with E-state index in [-0.39, 0.29) is 0 Å². The molecule has 1 N–H and O–H groups in total. The molecular formula is C15H10BrClN2O. The number of allylic oxidation sites excluding steroid dienone is 6. The van der Waals surface area contributed by atoms with Crippen LogP contribution in [0.15, 0.2) is 56.7 Å². The van der Waals surface area contributed by atoms with Crippen molar-refractivity contribution in [3.05, 3.63) is 62.6 Å². The van der Waals surface area contributed by atoms with Gasteiger partial charge in [0.1, 0.15) is 11.8 Å². The van der Waals surface area contributed by atoms with Crippen LogP contribution in [0, 0.1) is 18.3 Å². The maximum absolute atomic E-state index is 9.41. The molecule has 0 bridgehead atoms. The Labute approximate surface area is 130 Å². The number of halogens is 2. The van der Waals surface area contributed by atoms with Crippen LogP contribution in [-0.4, -0.2) is 10.9 Å². The quantitative estimate of drug-likeness (QED) is 0.460. The number of oxime groups is 1. The van der Waals surface area contributed by atoms with Gasteiger partial charge in [-0.15, -0.1) is 0 Å². The summed E-state index contributed by atoms with van der Waals surface area (Å²) in [6.45, 7) is 1.98. The maximum Gasteiger partial charge on any atom is 0.118 e. The van der Waals surface area contributed by atoms with Crippen molar-refractivity contribution in [2.75, 3.05) is 0 Å². The van der Waals surface area contributed by atoms with Gasteiger partial charge in [-0.05, 0) is 40.6 Å². The van der Waals surface area contributed by atoms with Crippen molar-refractivity contribution in [1.29, 1.82) is 5.26 Å². The predicted molar refractivity (Wildman–Crippen MR) is 83.9 cm³/mol. The molecule has 0 saturated carbocycles. The van der Waals surface area contributed by atoms with Crippen LogP contribution in [0.4, 0.5) is 0 Å². The lowest BCUT2D eigenvalue weighted by atomic mass is 9.96. The second kappa shape index (κ2) is 6.08. The maximum atomic E-state index is 9.41. The third-order valence-corrected chi connectivity index (χ3v) is 3.81. The minimum Gasteiger partial charge on any atom is -0.410 e. The molecule has 2 rings (SSSR count).